The molecule has 1 saturated carbocycles. The Balaban J connectivity index is 1.28. The number of fused-ring (bicyclic) bond motifs is 2. The maximum absolute atomic E-state index is 15.0. The van der Waals surface area contributed by atoms with Crippen LogP contribution in [0.3, 0.4) is 0 Å². The number of non-ortho nitro benzene ring substituents is 1. The standard InChI is InChI=1S/C57H67N3O12/c1-2-33-69-57-52(59(29-35-67-36-32-63)53(64)28-19-40-17-22-44(23-18-40)60(65)66)39-50(58-72-54-16-8-11-34-68-54)48-37-43(14-6-9-30-61)47(15-7-10-31-62)55(56(48)57)49-38-46(26-27-51(49)71-57)70-45-24-20-42(21-25-45)41-12-4-3-5-13-41/h2-5,12-13,17-28,37-38,43,47,52,54-56,61-63H,1,6-11,14-16,29-36,39H2. The summed E-state index contributed by atoms with van der Waals surface area (Å²) in [5.74, 6) is -1.02. The van der Waals surface area contributed by atoms with Gasteiger partial charge in [-0.2, -0.15) is 0 Å². The number of carbonyl (C=O) groups is 1. The molecule has 7 atom stereocenters. The minimum atomic E-state index is -1.55. The fourth-order valence-corrected chi connectivity index (χ4v) is 10.8. The molecule has 7 unspecified atom stereocenters. The van der Waals surface area contributed by atoms with E-state index in [0.29, 0.717) is 54.4 Å². The Kier molecular flexibility index (Phi) is 18.4. The van der Waals surface area contributed by atoms with Crippen LogP contribution in [0.25, 0.3) is 17.2 Å². The maximum atomic E-state index is 15.0. The van der Waals surface area contributed by atoms with Crippen LogP contribution in [-0.2, 0) is 23.8 Å². The molecule has 2 heterocycles. The van der Waals surface area contributed by atoms with Crippen molar-refractivity contribution in [3.8, 4) is 28.4 Å². The summed E-state index contributed by atoms with van der Waals surface area (Å²) in [7, 11) is 0. The van der Waals surface area contributed by atoms with Gasteiger partial charge in [-0.25, -0.2) is 0 Å². The monoisotopic (exact) mass is 985 g/mol. The predicted octanol–water partition coefficient (Wildman–Crippen LogP) is 9.77. The minimum Gasteiger partial charge on any atom is -0.459 e. The van der Waals surface area contributed by atoms with Crippen LogP contribution in [0.5, 0.6) is 17.2 Å². The smallest absolute Gasteiger partial charge is 0.269 e. The number of hydrogen-bond acceptors (Lipinski definition) is 13. The lowest BCUT2D eigenvalue weighted by Gasteiger charge is -2.60. The molecule has 2 fully saturated rings. The number of aliphatic hydroxyl groups excluding tert-OH is 3. The van der Waals surface area contributed by atoms with E-state index in [-0.39, 0.29) is 76.0 Å². The minimum absolute atomic E-state index is 0.00609. The van der Waals surface area contributed by atoms with Crippen molar-refractivity contribution in [2.45, 2.75) is 88.2 Å². The summed E-state index contributed by atoms with van der Waals surface area (Å²) < 4.78 is 33.1. The van der Waals surface area contributed by atoms with Gasteiger partial charge in [0.25, 0.3) is 5.69 Å². The molecule has 0 aromatic heterocycles. The van der Waals surface area contributed by atoms with Crippen LogP contribution in [-0.4, -0.2) is 108 Å². The molecule has 15 heteroatoms. The number of unbranched alkanes of at least 4 members (excludes halogenated alkanes) is 2. The van der Waals surface area contributed by atoms with Crippen molar-refractivity contribution in [2.75, 3.05) is 52.8 Å². The number of oxime groups is 1. The molecule has 0 spiro atoms. The zero-order valence-corrected chi connectivity index (χ0v) is 40.8. The Morgan fingerprint density at radius 1 is 0.889 bits per heavy atom. The van der Waals surface area contributed by atoms with Crippen molar-refractivity contribution in [3.05, 3.63) is 149 Å². The van der Waals surface area contributed by atoms with Gasteiger partial charge in [-0.3, -0.25) is 14.9 Å². The lowest BCUT2D eigenvalue weighted by Crippen LogP contribution is -2.70. The second-order valence-corrected chi connectivity index (χ2v) is 18.7. The van der Waals surface area contributed by atoms with Crippen molar-refractivity contribution in [3.63, 3.8) is 0 Å². The van der Waals surface area contributed by atoms with Crippen LogP contribution in [0, 0.1) is 27.9 Å². The van der Waals surface area contributed by atoms with Gasteiger partial charge in [0.1, 0.15) is 23.3 Å². The van der Waals surface area contributed by atoms with Gasteiger partial charge in [0.05, 0.1) is 49.6 Å². The van der Waals surface area contributed by atoms with Gasteiger partial charge in [0.15, 0.2) is 0 Å². The first kappa shape index (κ1) is 52.1. The highest BCUT2D eigenvalue weighted by molar-refractivity contribution is 6.03. The molecule has 4 aromatic carbocycles. The Labute approximate surface area is 421 Å². The van der Waals surface area contributed by atoms with Crippen LogP contribution in [0.2, 0.25) is 0 Å². The van der Waals surface area contributed by atoms with Crippen molar-refractivity contribution in [1.82, 2.24) is 4.90 Å². The van der Waals surface area contributed by atoms with E-state index < -0.39 is 34.9 Å². The third-order valence-electron chi connectivity index (χ3n) is 14.2. The fourth-order valence-electron chi connectivity index (χ4n) is 10.8. The van der Waals surface area contributed by atoms with E-state index in [1.165, 1.54) is 18.2 Å². The van der Waals surface area contributed by atoms with Crippen LogP contribution < -0.4 is 9.47 Å². The number of rotatable bonds is 25. The molecule has 382 valence electrons. The van der Waals surface area contributed by atoms with E-state index in [1.807, 2.05) is 54.6 Å². The van der Waals surface area contributed by atoms with Crippen molar-refractivity contribution >= 4 is 23.4 Å². The second kappa shape index (κ2) is 25.5. The Bertz CT molecular complexity index is 2510. The van der Waals surface area contributed by atoms with Crippen molar-refractivity contribution in [1.29, 1.82) is 0 Å². The quantitative estimate of drug-likeness (QED) is 0.0188. The number of hydrogen-bond donors (Lipinski definition) is 3. The molecule has 4 aliphatic rings. The number of nitro benzene ring substituents is 1. The van der Waals surface area contributed by atoms with Gasteiger partial charge in [-0.1, -0.05) is 72.6 Å². The summed E-state index contributed by atoms with van der Waals surface area (Å²) in [5, 5.41) is 46.2. The molecule has 0 bridgehead atoms. The van der Waals surface area contributed by atoms with Crippen LogP contribution >= 0.6 is 0 Å². The van der Waals surface area contributed by atoms with E-state index in [0.717, 1.165) is 60.8 Å². The highest BCUT2D eigenvalue weighted by atomic mass is 16.8. The number of ether oxygens (including phenoxy) is 5. The molecule has 3 N–H and O–H groups in total. The van der Waals surface area contributed by atoms with E-state index in [2.05, 4.69) is 30.9 Å². The molecular weight excluding hydrogens is 919 g/mol. The molecule has 1 saturated heterocycles. The number of benzene rings is 4. The van der Waals surface area contributed by atoms with Crippen molar-refractivity contribution < 1.29 is 53.6 Å². The Hall–Kier alpha value is -6.20. The summed E-state index contributed by atoms with van der Waals surface area (Å²) in [4.78, 5) is 34.0. The number of nitrogens with zero attached hydrogens (tertiary/aromatic N) is 3. The fraction of sp³-hybridized carbons (Fsp3) is 0.439. The predicted molar refractivity (Wildman–Crippen MR) is 273 cm³/mol. The molecule has 2 aliphatic heterocycles. The third kappa shape index (κ3) is 12.3. The molecular formula is C57H67N3O12. The zero-order valence-electron chi connectivity index (χ0n) is 40.8. The van der Waals surface area contributed by atoms with Crippen LogP contribution in [0.15, 0.2) is 133 Å². The van der Waals surface area contributed by atoms with Gasteiger partial charge in [0.2, 0.25) is 18.0 Å². The van der Waals surface area contributed by atoms with Gasteiger partial charge >= 0.3 is 0 Å². The first-order valence-electron chi connectivity index (χ1n) is 25.4. The van der Waals surface area contributed by atoms with Gasteiger partial charge in [-0.15, -0.1) is 6.58 Å². The lowest BCUT2D eigenvalue weighted by atomic mass is 9.55. The molecule has 4 aromatic rings. The van der Waals surface area contributed by atoms with Crippen LogP contribution in [0.4, 0.5) is 5.69 Å². The van der Waals surface area contributed by atoms with Crippen LogP contribution in [0.1, 0.15) is 81.3 Å². The highest BCUT2D eigenvalue weighted by Crippen LogP contribution is 2.62. The summed E-state index contributed by atoms with van der Waals surface area (Å²) in [6, 6.07) is 29.1. The number of allylic oxidation sites excluding steroid dienone is 1. The largest absolute Gasteiger partial charge is 0.459 e. The number of carbonyl (C=O) groups excluding carboxylic acids is 1. The SMILES string of the molecule is C=CCOC12Oc3ccc(Oc4ccc(-c5ccccc5)cc4)cc3C3C(CCCCO)C(CCCCO)C=C(C(=NOC4CCCCO4)CC1N(CCOCCO)C(=O)C=Cc1ccc([N+](=O)[O-])cc1)C32. The summed E-state index contributed by atoms with van der Waals surface area (Å²) in [6.45, 7) is 4.78. The average molecular weight is 986 g/mol. The van der Waals surface area contributed by atoms with E-state index in [4.69, 9.17) is 33.7 Å². The molecule has 8 rings (SSSR count). The summed E-state index contributed by atoms with van der Waals surface area (Å²) in [5.41, 5.74) is 5.08. The molecule has 15 nitrogen and oxygen atoms in total. The lowest BCUT2D eigenvalue weighted by molar-refractivity contribution is -0.384. The van der Waals surface area contributed by atoms with Gasteiger partial charge in [-0.05, 0) is 121 Å². The number of amides is 1. The average Bonchev–Trinajstić information content (AvgIpc) is 3.41. The molecule has 0 radical (unpaired) electrons. The number of aliphatic hydroxyl groups is 3. The topological polar surface area (TPSA) is 192 Å². The highest BCUT2D eigenvalue weighted by Gasteiger charge is 2.65. The molecule has 2 aliphatic carbocycles. The van der Waals surface area contributed by atoms with E-state index in [1.54, 1.807) is 29.2 Å². The number of nitro groups is 1. The summed E-state index contributed by atoms with van der Waals surface area (Å²) >= 11 is 0. The third-order valence-corrected chi connectivity index (χ3v) is 14.2. The first-order chi connectivity index (χ1) is 35.3. The Morgan fingerprint density at radius 3 is 2.35 bits per heavy atom. The second-order valence-electron chi connectivity index (χ2n) is 18.7. The summed E-state index contributed by atoms with van der Waals surface area (Å²) in [6.07, 6.45) is 13.4. The zero-order chi connectivity index (χ0) is 50.3. The maximum Gasteiger partial charge on any atom is 0.269 e. The Morgan fingerprint density at radius 2 is 1.64 bits per heavy atom. The normalized spacial score (nSPS) is 23.9. The molecule has 72 heavy (non-hydrogen) atoms. The van der Waals surface area contributed by atoms with E-state index >= 15 is 4.79 Å². The van der Waals surface area contributed by atoms with Crippen molar-refractivity contribution in [2.24, 2.45) is 22.9 Å². The first-order valence-corrected chi connectivity index (χ1v) is 25.4. The van der Waals surface area contributed by atoms with Gasteiger partial charge in [0, 0.05) is 62.3 Å². The molecule has 1 amide bonds. The van der Waals surface area contributed by atoms with Gasteiger partial charge < -0.3 is 48.7 Å². The van der Waals surface area contributed by atoms with E-state index in [9.17, 15) is 25.4 Å².